The molecule has 0 fully saturated rings. The number of halogens is 3. The van der Waals surface area contributed by atoms with Crippen molar-refractivity contribution < 1.29 is 32.3 Å². The Morgan fingerprint density at radius 1 is 1.14 bits per heavy atom. The summed E-state index contributed by atoms with van der Waals surface area (Å²) in [6, 6.07) is 9.26. The van der Waals surface area contributed by atoms with Gasteiger partial charge in [0, 0.05) is 23.5 Å². The van der Waals surface area contributed by atoms with E-state index < -0.39 is 29.7 Å². The van der Waals surface area contributed by atoms with Gasteiger partial charge in [0.15, 0.2) is 0 Å². The van der Waals surface area contributed by atoms with Crippen molar-refractivity contribution in [2.75, 3.05) is 11.9 Å². The summed E-state index contributed by atoms with van der Waals surface area (Å²) in [4.78, 5) is 40.1. The number of ether oxygens (including phenoxy) is 1. The molecular weight excluding hydrogens is 487 g/mol. The zero-order chi connectivity index (χ0) is 27.3. The normalized spacial score (nSPS) is 16.1. The lowest BCUT2D eigenvalue weighted by atomic mass is 9.94. The molecule has 3 amide bonds. The number of amides is 3. The topological polar surface area (TPSA) is 87.7 Å². The van der Waals surface area contributed by atoms with Crippen molar-refractivity contribution in [1.29, 1.82) is 0 Å². The molecule has 1 atom stereocenters. The van der Waals surface area contributed by atoms with Gasteiger partial charge in [0.2, 0.25) is 0 Å². The van der Waals surface area contributed by atoms with E-state index >= 15 is 0 Å². The highest BCUT2D eigenvalue weighted by molar-refractivity contribution is 6.04. The summed E-state index contributed by atoms with van der Waals surface area (Å²) in [5, 5.41) is 5.52. The van der Waals surface area contributed by atoms with Crippen LogP contribution < -0.4 is 10.6 Å². The fraction of sp³-hybridized carbons (Fsp3) is 0.370. The summed E-state index contributed by atoms with van der Waals surface area (Å²) < 4.78 is 43.9. The Kier molecular flexibility index (Phi) is 8.62. The zero-order valence-electron chi connectivity index (χ0n) is 21.1. The molecule has 0 spiro atoms. The van der Waals surface area contributed by atoms with Crippen molar-refractivity contribution in [3.8, 4) is 0 Å². The third-order valence-corrected chi connectivity index (χ3v) is 5.85. The molecule has 2 aromatic carbocycles. The van der Waals surface area contributed by atoms with Gasteiger partial charge in [-0.1, -0.05) is 25.5 Å². The van der Waals surface area contributed by atoms with Gasteiger partial charge in [0.25, 0.3) is 5.91 Å². The van der Waals surface area contributed by atoms with Crippen LogP contribution in [-0.4, -0.2) is 35.5 Å². The quantitative estimate of drug-likeness (QED) is 0.418. The maximum absolute atomic E-state index is 13.1. The standard InChI is InChI=1S/C27H30F3N3O4/c1-5-6-14-33-17(4)22(25(35)37-16(2)3)23(32-26(33)36)19-8-7-9-21(15-19)31-24(34)18-10-12-20(13-11-18)27(28,29)30/h7-13,15-16,23H,5-6,14H2,1-4H3,(H,31,34)(H,32,36). The number of nitrogens with zero attached hydrogens (tertiary/aromatic N) is 1. The van der Waals surface area contributed by atoms with Crippen LogP contribution in [0.5, 0.6) is 0 Å². The van der Waals surface area contributed by atoms with Crippen molar-refractivity contribution in [3.05, 3.63) is 76.5 Å². The Labute approximate surface area is 213 Å². The number of allylic oxidation sites excluding steroid dienone is 1. The molecule has 7 nitrogen and oxygen atoms in total. The molecule has 0 aliphatic carbocycles. The van der Waals surface area contributed by atoms with Gasteiger partial charge < -0.3 is 15.4 Å². The minimum atomic E-state index is -4.50. The summed E-state index contributed by atoms with van der Waals surface area (Å²) in [5.41, 5.74) is 0.855. The summed E-state index contributed by atoms with van der Waals surface area (Å²) in [7, 11) is 0. The number of hydrogen-bond acceptors (Lipinski definition) is 4. The molecule has 0 bridgehead atoms. The maximum atomic E-state index is 13.1. The molecule has 198 valence electrons. The van der Waals surface area contributed by atoms with Crippen LogP contribution in [0.25, 0.3) is 0 Å². The first-order valence-electron chi connectivity index (χ1n) is 12.0. The van der Waals surface area contributed by atoms with Crippen LogP contribution in [0.2, 0.25) is 0 Å². The van der Waals surface area contributed by atoms with Gasteiger partial charge in [-0.3, -0.25) is 9.69 Å². The van der Waals surface area contributed by atoms with Crippen LogP contribution in [0.3, 0.4) is 0 Å². The average molecular weight is 518 g/mol. The molecule has 1 aliphatic rings. The third-order valence-electron chi connectivity index (χ3n) is 5.85. The number of anilines is 1. The van der Waals surface area contributed by atoms with Gasteiger partial charge in [-0.25, -0.2) is 9.59 Å². The van der Waals surface area contributed by atoms with E-state index in [1.807, 2.05) is 6.92 Å². The average Bonchev–Trinajstić information content (AvgIpc) is 2.82. The van der Waals surface area contributed by atoms with Crippen LogP contribution in [0.1, 0.15) is 68.1 Å². The number of alkyl halides is 3. The van der Waals surface area contributed by atoms with Gasteiger partial charge in [0.05, 0.1) is 23.3 Å². The molecule has 0 saturated carbocycles. The maximum Gasteiger partial charge on any atom is 0.416 e. The second-order valence-electron chi connectivity index (χ2n) is 9.00. The zero-order valence-corrected chi connectivity index (χ0v) is 21.1. The number of unbranched alkanes of at least 4 members (excludes halogenated alkanes) is 1. The monoisotopic (exact) mass is 517 g/mol. The summed E-state index contributed by atoms with van der Waals surface area (Å²) in [6.07, 6.45) is -3.25. The van der Waals surface area contributed by atoms with E-state index in [-0.39, 0.29) is 23.3 Å². The Balaban J connectivity index is 1.90. The molecule has 0 saturated heterocycles. The Morgan fingerprint density at radius 2 is 1.81 bits per heavy atom. The Hall–Kier alpha value is -3.82. The van der Waals surface area contributed by atoms with E-state index in [0.29, 0.717) is 23.5 Å². The minimum Gasteiger partial charge on any atom is -0.459 e. The molecule has 0 radical (unpaired) electrons. The number of benzene rings is 2. The van der Waals surface area contributed by atoms with E-state index in [1.165, 1.54) is 4.90 Å². The minimum absolute atomic E-state index is 0.0490. The number of urea groups is 1. The Morgan fingerprint density at radius 3 is 2.41 bits per heavy atom. The number of esters is 1. The second-order valence-corrected chi connectivity index (χ2v) is 9.00. The van der Waals surface area contributed by atoms with Crippen LogP contribution in [0.15, 0.2) is 59.8 Å². The second kappa shape index (κ2) is 11.5. The molecule has 3 rings (SSSR count). The van der Waals surface area contributed by atoms with E-state index in [0.717, 1.165) is 37.1 Å². The van der Waals surface area contributed by atoms with Crippen molar-refractivity contribution in [3.63, 3.8) is 0 Å². The number of hydrogen-bond donors (Lipinski definition) is 2. The lowest BCUT2D eigenvalue weighted by Gasteiger charge is -2.35. The Bertz CT molecular complexity index is 1190. The highest BCUT2D eigenvalue weighted by Crippen LogP contribution is 2.33. The smallest absolute Gasteiger partial charge is 0.416 e. The van der Waals surface area contributed by atoms with Gasteiger partial charge in [-0.2, -0.15) is 13.2 Å². The van der Waals surface area contributed by atoms with Crippen LogP contribution in [-0.2, 0) is 15.7 Å². The SMILES string of the molecule is CCCCN1C(=O)NC(c2cccc(NC(=O)c3ccc(C(F)(F)F)cc3)c2)C(C(=O)OC(C)C)=C1C. The first kappa shape index (κ1) is 27.8. The van der Waals surface area contributed by atoms with Crippen molar-refractivity contribution >= 4 is 23.6 Å². The number of carbonyl (C=O) groups excluding carboxylic acids is 3. The fourth-order valence-corrected chi connectivity index (χ4v) is 3.97. The van der Waals surface area contributed by atoms with Gasteiger partial charge >= 0.3 is 18.2 Å². The highest BCUT2D eigenvalue weighted by Gasteiger charge is 2.36. The lowest BCUT2D eigenvalue weighted by molar-refractivity contribution is -0.143. The molecular formula is C27H30F3N3O4. The fourth-order valence-electron chi connectivity index (χ4n) is 3.97. The van der Waals surface area contributed by atoms with Crippen LogP contribution >= 0.6 is 0 Å². The van der Waals surface area contributed by atoms with Crippen molar-refractivity contribution in [2.24, 2.45) is 0 Å². The van der Waals surface area contributed by atoms with E-state index in [2.05, 4.69) is 10.6 Å². The number of rotatable bonds is 8. The predicted molar refractivity (Wildman–Crippen MR) is 133 cm³/mol. The first-order valence-corrected chi connectivity index (χ1v) is 12.0. The summed E-state index contributed by atoms with van der Waals surface area (Å²) in [5.74, 6) is -1.16. The summed E-state index contributed by atoms with van der Waals surface area (Å²) in [6.45, 7) is 7.62. The summed E-state index contributed by atoms with van der Waals surface area (Å²) >= 11 is 0. The first-order chi connectivity index (χ1) is 17.4. The largest absolute Gasteiger partial charge is 0.459 e. The van der Waals surface area contributed by atoms with E-state index in [1.54, 1.807) is 45.0 Å². The van der Waals surface area contributed by atoms with Crippen molar-refractivity contribution in [2.45, 2.75) is 58.9 Å². The van der Waals surface area contributed by atoms with Crippen LogP contribution in [0, 0.1) is 0 Å². The molecule has 1 heterocycles. The number of nitrogens with one attached hydrogen (secondary N) is 2. The lowest BCUT2D eigenvalue weighted by Crippen LogP contribution is -2.48. The molecule has 1 unspecified atom stereocenters. The molecule has 2 N–H and O–H groups in total. The third kappa shape index (κ3) is 6.69. The molecule has 10 heteroatoms. The highest BCUT2D eigenvalue weighted by atomic mass is 19.4. The molecule has 1 aliphatic heterocycles. The van der Waals surface area contributed by atoms with Gasteiger partial charge in [-0.05, 0) is 69.2 Å². The molecule has 2 aromatic rings. The molecule has 37 heavy (non-hydrogen) atoms. The van der Waals surface area contributed by atoms with Gasteiger partial charge in [-0.15, -0.1) is 0 Å². The van der Waals surface area contributed by atoms with Crippen molar-refractivity contribution in [1.82, 2.24) is 10.2 Å². The predicted octanol–water partition coefficient (Wildman–Crippen LogP) is 6.05. The van der Waals surface area contributed by atoms with Crippen LogP contribution in [0.4, 0.5) is 23.7 Å². The molecule has 0 aromatic heterocycles. The van der Waals surface area contributed by atoms with Gasteiger partial charge in [0.1, 0.15) is 0 Å². The number of carbonyl (C=O) groups is 3. The van der Waals surface area contributed by atoms with E-state index in [9.17, 15) is 27.6 Å². The van der Waals surface area contributed by atoms with E-state index in [4.69, 9.17) is 4.74 Å².